The van der Waals surface area contributed by atoms with Crippen LogP contribution in [0.15, 0.2) is 140 Å². The normalized spacial score (nSPS) is 12.5. The maximum absolute atomic E-state index is 7.33. The molecule has 2 N–H and O–H groups in total. The Labute approximate surface area is 332 Å². The standard InChI is InChI=1S/C53H62N2/c1-12-53(54,13-2)48-35-24-42(41-18-29-45(30-19-41)52(9,10)11)36-49(48)55(46-31-20-39(21-32-46)37-14-25-43(26-15-37)50(3,4)5)47-33-22-40(23-34-47)38-16-27-44(28-17-38)51(6,7)8/h14-36H,12-13,54H2,1-11H3. The van der Waals surface area contributed by atoms with Crippen LogP contribution in [0.25, 0.3) is 33.4 Å². The van der Waals surface area contributed by atoms with Gasteiger partial charge in [-0.3, -0.25) is 0 Å². The first-order valence-electron chi connectivity index (χ1n) is 20.2. The van der Waals surface area contributed by atoms with Gasteiger partial charge in [0.05, 0.1) is 5.69 Å². The van der Waals surface area contributed by atoms with Crippen molar-refractivity contribution in [3.63, 3.8) is 0 Å². The molecule has 2 heteroatoms. The Morgan fingerprint density at radius 2 is 0.655 bits per heavy atom. The lowest BCUT2D eigenvalue weighted by molar-refractivity contribution is 0.413. The van der Waals surface area contributed by atoms with Crippen molar-refractivity contribution < 1.29 is 0 Å². The topological polar surface area (TPSA) is 29.3 Å². The van der Waals surface area contributed by atoms with Crippen LogP contribution < -0.4 is 10.6 Å². The lowest BCUT2D eigenvalue weighted by atomic mass is 9.82. The summed E-state index contributed by atoms with van der Waals surface area (Å²) < 4.78 is 0. The zero-order valence-electron chi connectivity index (χ0n) is 35.2. The van der Waals surface area contributed by atoms with Gasteiger partial charge in [0.25, 0.3) is 0 Å². The van der Waals surface area contributed by atoms with Gasteiger partial charge in [-0.2, -0.15) is 0 Å². The number of anilines is 3. The van der Waals surface area contributed by atoms with Crippen LogP contribution in [0.5, 0.6) is 0 Å². The molecule has 0 unspecified atom stereocenters. The third-order valence-electron chi connectivity index (χ3n) is 11.5. The Morgan fingerprint density at radius 1 is 0.382 bits per heavy atom. The van der Waals surface area contributed by atoms with Gasteiger partial charge in [-0.05, 0) is 115 Å². The Balaban J connectivity index is 1.50. The minimum atomic E-state index is -0.494. The van der Waals surface area contributed by atoms with Crippen LogP contribution in [0.2, 0.25) is 0 Å². The molecule has 0 aliphatic heterocycles. The second-order valence-electron chi connectivity index (χ2n) is 18.5. The Kier molecular flexibility index (Phi) is 11.1. The average molecular weight is 727 g/mol. The number of benzene rings is 6. The van der Waals surface area contributed by atoms with Crippen LogP contribution in [-0.2, 0) is 21.8 Å². The van der Waals surface area contributed by atoms with E-state index in [1.165, 1.54) is 50.1 Å². The van der Waals surface area contributed by atoms with Gasteiger partial charge in [0.15, 0.2) is 0 Å². The van der Waals surface area contributed by atoms with E-state index in [4.69, 9.17) is 5.73 Å². The summed E-state index contributed by atoms with van der Waals surface area (Å²) in [7, 11) is 0. The van der Waals surface area contributed by atoms with Crippen LogP contribution in [0.1, 0.15) is 111 Å². The molecule has 284 valence electrons. The van der Waals surface area contributed by atoms with Crippen molar-refractivity contribution in [1.29, 1.82) is 0 Å². The molecule has 0 spiro atoms. The van der Waals surface area contributed by atoms with Gasteiger partial charge in [0, 0.05) is 16.9 Å². The van der Waals surface area contributed by atoms with Crippen molar-refractivity contribution in [1.82, 2.24) is 0 Å². The molecule has 6 rings (SSSR count). The molecule has 2 nitrogen and oxygen atoms in total. The van der Waals surface area contributed by atoms with Crippen LogP contribution in [-0.4, -0.2) is 0 Å². The van der Waals surface area contributed by atoms with E-state index in [0.717, 1.165) is 35.5 Å². The van der Waals surface area contributed by atoms with Gasteiger partial charge < -0.3 is 10.6 Å². The lowest BCUT2D eigenvalue weighted by Gasteiger charge is -2.35. The lowest BCUT2D eigenvalue weighted by Crippen LogP contribution is -2.36. The highest BCUT2D eigenvalue weighted by molar-refractivity contribution is 5.84. The second kappa shape index (κ2) is 15.3. The highest BCUT2D eigenvalue weighted by Crippen LogP contribution is 2.44. The van der Waals surface area contributed by atoms with Crippen LogP contribution in [0, 0.1) is 0 Å². The van der Waals surface area contributed by atoms with Gasteiger partial charge in [-0.15, -0.1) is 0 Å². The summed E-state index contributed by atoms with van der Waals surface area (Å²) in [6.45, 7) is 24.8. The predicted molar refractivity (Wildman–Crippen MR) is 240 cm³/mol. The third kappa shape index (κ3) is 8.66. The van der Waals surface area contributed by atoms with Crippen molar-refractivity contribution in [2.24, 2.45) is 5.73 Å². The molecule has 0 fully saturated rings. The molecule has 0 amide bonds. The molecular formula is C53H62N2. The van der Waals surface area contributed by atoms with Crippen molar-refractivity contribution >= 4 is 17.1 Å². The first-order valence-corrected chi connectivity index (χ1v) is 20.2. The van der Waals surface area contributed by atoms with Gasteiger partial charge in [0.2, 0.25) is 0 Å². The summed E-state index contributed by atoms with van der Waals surface area (Å²) in [4.78, 5) is 2.41. The number of nitrogens with two attached hydrogens (primary N) is 1. The van der Waals surface area contributed by atoms with Crippen molar-refractivity contribution in [2.75, 3.05) is 4.90 Å². The zero-order chi connectivity index (χ0) is 39.8. The van der Waals surface area contributed by atoms with E-state index in [0.29, 0.717) is 0 Å². The molecule has 0 radical (unpaired) electrons. The zero-order valence-corrected chi connectivity index (χ0v) is 35.2. The average Bonchev–Trinajstić information content (AvgIpc) is 3.17. The SMILES string of the molecule is CCC(N)(CC)c1ccc(-c2ccc(C(C)(C)C)cc2)cc1N(c1ccc(-c2ccc(C(C)(C)C)cc2)cc1)c1ccc(-c2ccc(C(C)(C)C)cc2)cc1. The second-order valence-corrected chi connectivity index (χ2v) is 18.5. The molecular weight excluding hydrogens is 665 g/mol. The fourth-order valence-electron chi connectivity index (χ4n) is 7.47. The molecule has 0 saturated heterocycles. The summed E-state index contributed by atoms with van der Waals surface area (Å²) in [6, 6.07) is 52.0. The summed E-state index contributed by atoms with van der Waals surface area (Å²) >= 11 is 0. The Bertz CT molecular complexity index is 2080. The van der Waals surface area contributed by atoms with Crippen molar-refractivity contribution in [3.8, 4) is 33.4 Å². The maximum atomic E-state index is 7.33. The predicted octanol–water partition coefficient (Wildman–Crippen LogP) is 15.0. The number of hydrogen-bond acceptors (Lipinski definition) is 2. The van der Waals surface area contributed by atoms with Gasteiger partial charge >= 0.3 is 0 Å². The first-order chi connectivity index (χ1) is 25.9. The molecule has 0 saturated carbocycles. The highest BCUT2D eigenvalue weighted by atomic mass is 15.1. The summed E-state index contributed by atoms with van der Waals surface area (Å²) in [5, 5.41) is 0. The summed E-state index contributed by atoms with van der Waals surface area (Å²) in [5.74, 6) is 0. The van der Waals surface area contributed by atoms with E-state index in [9.17, 15) is 0 Å². The minimum Gasteiger partial charge on any atom is -0.321 e. The quantitative estimate of drug-likeness (QED) is 0.161. The fourth-order valence-corrected chi connectivity index (χ4v) is 7.47. The molecule has 0 heterocycles. The molecule has 0 aliphatic rings. The van der Waals surface area contributed by atoms with Crippen LogP contribution in [0.3, 0.4) is 0 Å². The smallest absolute Gasteiger partial charge is 0.0518 e. The van der Waals surface area contributed by atoms with Gasteiger partial charge in [-0.25, -0.2) is 0 Å². The molecule has 0 aliphatic carbocycles. The van der Waals surface area contributed by atoms with Crippen molar-refractivity contribution in [3.05, 3.63) is 162 Å². The van der Waals surface area contributed by atoms with E-state index in [-0.39, 0.29) is 16.2 Å². The monoisotopic (exact) mass is 726 g/mol. The molecule has 6 aromatic carbocycles. The van der Waals surface area contributed by atoms with Crippen LogP contribution in [0.4, 0.5) is 17.1 Å². The van der Waals surface area contributed by atoms with Gasteiger partial charge in [0.1, 0.15) is 0 Å². The summed E-state index contributed by atoms with van der Waals surface area (Å²) in [6.07, 6.45) is 1.66. The Morgan fingerprint density at radius 3 is 0.945 bits per heavy atom. The number of hydrogen-bond donors (Lipinski definition) is 1. The maximum Gasteiger partial charge on any atom is 0.0518 e. The van der Waals surface area contributed by atoms with E-state index in [1.54, 1.807) is 0 Å². The number of rotatable bonds is 9. The highest BCUT2D eigenvalue weighted by Gasteiger charge is 2.30. The molecule has 55 heavy (non-hydrogen) atoms. The van der Waals surface area contributed by atoms with Gasteiger partial charge in [-0.1, -0.05) is 185 Å². The molecule has 0 bridgehead atoms. The Hall–Kier alpha value is -4.92. The largest absolute Gasteiger partial charge is 0.321 e. The molecule has 0 atom stereocenters. The molecule has 6 aromatic rings. The third-order valence-corrected chi connectivity index (χ3v) is 11.5. The van der Waals surface area contributed by atoms with E-state index < -0.39 is 5.54 Å². The number of nitrogens with zero attached hydrogens (tertiary/aromatic N) is 1. The fraction of sp³-hybridized carbons (Fsp3) is 0.321. The van der Waals surface area contributed by atoms with Crippen LogP contribution >= 0.6 is 0 Å². The summed E-state index contributed by atoms with van der Waals surface area (Å²) in [5.41, 5.74) is 22.8. The van der Waals surface area contributed by atoms with E-state index in [1.807, 2.05) is 0 Å². The van der Waals surface area contributed by atoms with E-state index in [2.05, 4.69) is 221 Å². The van der Waals surface area contributed by atoms with Crippen molar-refractivity contribution in [2.45, 2.75) is 111 Å². The molecule has 0 aromatic heterocycles. The minimum absolute atomic E-state index is 0.0906. The van der Waals surface area contributed by atoms with E-state index >= 15 is 0 Å². The first kappa shape index (κ1) is 39.8.